The number of aryl methyl sites for hydroxylation is 1. The number of nitrogens with zero attached hydrogens (tertiary/aromatic N) is 3. The van der Waals surface area contributed by atoms with Gasteiger partial charge in [0.25, 0.3) is 0 Å². The first-order valence-electron chi connectivity index (χ1n) is 8.71. The van der Waals surface area contributed by atoms with Gasteiger partial charge in [0.05, 0.1) is 23.6 Å². The molecular weight excluding hydrogens is 298 g/mol. The van der Waals surface area contributed by atoms with E-state index in [1.165, 1.54) is 32.1 Å². The van der Waals surface area contributed by atoms with Crippen molar-refractivity contribution in [3.05, 3.63) is 48.1 Å². The Labute approximate surface area is 145 Å². The Morgan fingerprint density at radius 3 is 2.62 bits per heavy atom. The molecule has 24 heavy (non-hydrogen) atoms. The smallest absolute Gasteiger partial charge is 0.137 e. The highest BCUT2D eigenvalue weighted by Crippen LogP contribution is 2.22. The molecule has 2 rings (SSSR count). The van der Waals surface area contributed by atoms with Crippen molar-refractivity contribution in [2.45, 2.75) is 52.4 Å². The Balaban J connectivity index is 1.93. The van der Waals surface area contributed by atoms with E-state index < -0.39 is 0 Å². The van der Waals surface area contributed by atoms with E-state index in [0.29, 0.717) is 17.9 Å². The van der Waals surface area contributed by atoms with E-state index in [4.69, 9.17) is 4.74 Å². The monoisotopic (exact) mass is 324 g/mol. The fraction of sp³-hybridized carbons (Fsp3) is 0.450. The van der Waals surface area contributed by atoms with Gasteiger partial charge in [-0.15, -0.1) is 0 Å². The lowest BCUT2D eigenvalue weighted by Crippen LogP contribution is -2.01. The average molecular weight is 324 g/mol. The molecule has 0 aliphatic carbocycles. The Bertz CT molecular complexity index is 678. The summed E-state index contributed by atoms with van der Waals surface area (Å²) < 4.78 is 7.54. The van der Waals surface area contributed by atoms with E-state index in [1.807, 2.05) is 31.3 Å². The van der Waals surface area contributed by atoms with E-state index in [9.17, 15) is 5.26 Å². The zero-order valence-electron chi connectivity index (χ0n) is 14.7. The summed E-state index contributed by atoms with van der Waals surface area (Å²) >= 11 is 0. The summed E-state index contributed by atoms with van der Waals surface area (Å²) in [5.74, 6) is 0.647. The zero-order chi connectivity index (χ0) is 17.4. The van der Waals surface area contributed by atoms with Crippen LogP contribution in [0.1, 0.15) is 62.3 Å². The molecule has 2 aromatic rings. The van der Waals surface area contributed by atoms with E-state index in [2.05, 4.69) is 25.0 Å². The molecule has 0 amide bonds. The maximum absolute atomic E-state index is 9.38. The molecule has 1 heterocycles. The Hall–Kier alpha value is -2.28. The van der Waals surface area contributed by atoms with Gasteiger partial charge in [0.1, 0.15) is 11.8 Å². The Morgan fingerprint density at radius 2 is 1.96 bits per heavy atom. The van der Waals surface area contributed by atoms with Gasteiger partial charge >= 0.3 is 0 Å². The molecule has 0 N–H and O–H groups in total. The Kier molecular flexibility index (Phi) is 6.87. The van der Waals surface area contributed by atoms with Crippen LogP contribution in [0.25, 0.3) is 5.69 Å². The van der Waals surface area contributed by atoms with Crippen molar-refractivity contribution >= 4 is 0 Å². The molecule has 4 heteroatoms. The maximum atomic E-state index is 9.38. The standard InChI is InChI=1S/C20H26N3O/c1-4-5-6-7-8-9-12-24-20-11-10-19(13-18(20)14-21)23-15-16(2)17(3)22-23/h10-11,13,15H,2,4-9,12H2,1,3H3. The van der Waals surface area contributed by atoms with Crippen molar-refractivity contribution < 1.29 is 4.74 Å². The number of aromatic nitrogens is 2. The molecule has 4 nitrogen and oxygen atoms in total. The fourth-order valence-corrected chi connectivity index (χ4v) is 2.57. The van der Waals surface area contributed by atoms with Crippen LogP contribution in [0.5, 0.6) is 5.75 Å². The van der Waals surface area contributed by atoms with Gasteiger partial charge in [0.15, 0.2) is 0 Å². The molecule has 0 bridgehead atoms. The number of benzene rings is 1. The zero-order valence-corrected chi connectivity index (χ0v) is 14.7. The first-order valence-corrected chi connectivity index (χ1v) is 8.71. The van der Waals surface area contributed by atoms with Crippen LogP contribution in [-0.4, -0.2) is 16.4 Å². The highest BCUT2D eigenvalue weighted by Gasteiger charge is 2.08. The molecule has 0 fully saturated rings. The third-order valence-corrected chi connectivity index (χ3v) is 4.10. The van der Waals surface area contributed by atoms with Crippen LogP contribution >= 0.6 is 0 Å². The van der Waals surface area contributed by atoms with Crippen LogP contribution in [0.3, 0.4) is 0 Å². The van der Waals surface area contributed by atoms with Crippen LogP contribution < -0.4 is 4.74 Å². The number of unbranched alkanes of at least 4 members (excludes halogenated alkanes) is 5. The van der Waals surface area contributed by atoms with Gasteiger partial charge in [-0.2, -0.15) is 10.4 Å². The topological polar surface area (TPSA) is 50.8 Å². The predicted octanol–water partition coefficient (Wildman–Crippen LogP) is 4.97. The minimum absolute atomic E-state index is 0.539. The van der Waals surface area contributed by atoms with Crippen molar-refractivity contribution in [2.24, 2.45) is 0 Å². The van der Waals surface area contributed by atoms with Gasteiger partial charge in [-0.1, -0.05) is 39.0 Å². The lowest BCUT2D eigenvalue weighted by Gasteiger charge is -2.09. The molecular formula is C20H26N3O. The third kappa shape index (κ3) is 4.86. The molecule has 1 radical (unpaired) electrons. The normalized spacial score (nSPS) is 10.6. The molecule has 127 valence electrons. The van der Waals surface area contributed by atoms with Crippen LogP contribution in [-0.2, 0) is 0 Å². The summed E-state index contributed by atoms with van der Waals surface area (Å²) in [6.07, 6.45) is 9.20. The molecule has 0 saturated heterocycles. The van der Waals surface area contributed by atoms with Gasteiger partial charge in [-0.05, 0) is 44.0 Å². The summed E-state index contributed by atoms with van der Waals surface area (Å²) in [7, 11) is 0. The lowest BCUT2D eigenvalue weighted by atomic mass is 10.1. The SMILES string of the molecule is [CH2]c1cn(-c2ccc(OCCCCCCCC)c(C#N)c2)nc1C. The molecule has 0 spiro atoms. The molecule has 0 unspecified atom stereocenters. The summed E-state index contributed by atoms with van der Waals surface area (Å²) in [5.41, 5.74) is 3.16. The number of ether oxygens (including phenoxy) is 1. The first kappa shape index (κ1) is 18.1. The number of nitriles is 1. The summed E-state index contributed by atoms with van der Waals surface area (Å²) in [5, 5.41) is 13.8. The van der Waals surface area contributed by atoms with Gasteiger partial charge < -0.3 is 4.74 Å². The molecule has 1 aromatic heterocycles. The number of hydrogen-bond donors (Lipinski definition) is 0. The third-order valence-electron chi connectivity index (χ3n) is 4.10. The van der Waals surface area contributed by atoms with E-state index >= 15 is 0 Å². The molecule has 1 aromatic carbocycles. The van der Waals surface area contributed by atoms with E-state index in [1.54, 1.807) is 4.68 Å². The van der Waals surface area contributed by atoms with Crippen LogP contribution in [0.2, 0.25) is 0 Å². The van der Waals surface area contributed by atoms with Crippen LogP contribution in [0.15, 0.2) is 24.4 Å². The van der Waals surface area contributed by atoms with E-state index in [-0.39, 0.29) is 0 Å². The predicted molar refractivity (Wildman–Crippen MR) is 96.3 cm³/mol. The number of rotatable bonds is 9. The van der Waals surface area contributed by atoms with Gasteiger partial charge in [0.2, 0.25) is 0 Å². The minimum atomic E-state index is 0.539. The fourth-order valence-electron chi connectivity index (χ4n) is 2.57. The number of hydrogen-bond acceptors (Lipinski definition) is 3. The van der Waals surface area contributed by atoms with Crippen molar-refractivity contribution in [3.8, 4) is 17.5 Å². The maximum Gasteiger partial charge on any atom is 0.137 e. The average Bonchev–Trinajstić information content (AvgIpc) is 2.93. The summed E-state index contributed by atoms with van der Waals surface area (Å²) in [6.45, 7) is 8.73. The highest BCUT2D eigenvalue weighted by atomic mass is 16.5. The van der Waals surface area contributed by atoms with Crippen LogP contribution in [0, 0.1) is 25.2 Å². The second kappa shape index (κ2) is 9.12. The van der Waals surface area contributed by atoms with Crippen LogP contribution in [0.4, 0.5) is 0 Å². The van der Waals surface area contributed by atoms with Crippen molar-refractivity contribution in [2.75, 3.05) is 6.61 Å². The lowest BCUT2D eigenvalue weighted by molar-refractivity contribution is 0.303. The minimum Gasteiger partial charge on any atom is -0.492 e. The quantitative estimate of drug-likeness (QED) is 0.612. The van der Waals surface area contributed by atoms with Crippen molar-refractivity contribution in [1.29, 1.82) is 5.26 Å². The van der Waals surface area contributed by atoms with Gasteiger partial charge in [-0.25, -0.2) is 4.68 Å². The molecule has 0 aliphatic heterocycles. The first-order chi connectivity index (χ1) is 11.7. The largest absolute Gasteiger partial charge is 0.492 e. The second-order valence-electron chi connectivity index (χ2n) is 6.09. The van der Waals surface area contributed by atoms with Crippen molar-refractivity contribution in [3.63, 3.8) is 0 Å². The van der Waals surface area contributed by atoms with Crippen molar-refractivity contribution in [1.82, 2.24) is 9.78 Å². The van der Waals surface area contributed by atoms with Gasteiger partial charge in [0, 0.05) is 6.20 Å². The summed E-state index contributed by atoms with van der Waals surface area (Å²) in [4.78, 5) is 0. The Morgan fingerprint density at radius 1 is 1.21 bits per heavy atom. The van der Waals surface area contributed by atoms with E-state index in [0.717, 1.165) is 23.4 Å². The summed E-state index contributed by atoms with van der Waals surface area (Å²) in [6, 6.07) is 7.79. The molecule has 0 saturated carbocycles. The highest BCUT2D eigenvalue weighted by molar-refractivity contribution is 5.50. The molecule has 0 atom stereocenters. The second-order valence-corrected chi connectivity index (χ2v) is 6.09. The van der Waals surface area contributed by atoms with Gasteiger partial charge in [-0.3, -0.25) is 0 Å². The molecule has 0 aliphatic rings.